The summed E-state index contributed by atoms with van der Waals surface area (Å²) in [6, 6.07) is 18.0. The first-order valence-corrected chi connectivity index (χ1v) is 10.6. The molecule has 3 aromatic rings. The molecule has 2 N–H and O–H groups in total. The molecule has 1 aliphatic heterocycles. The van der Waals surface area contributed by atoms with Gasteiger partial charge in [0.15, 0.2) is 11.5 Å². The quantitative estimate of drug-likeness (QED) is 0.568. The number of hydrogen-bond donors (Lipinski definition) is 2. The largest absolute Gasteiger partial charge is 0.508 e. The number of phenols is 1. The molecule has 0 radical (unpaired) electrons. The van der Waals surface area contributed by atoms with Crippen LogP contribution in [0.5, 0.6) is 17.2 Å². The standard InChI is InChI=1S/C26H25NO6/c1-32-21-12-11-16(15-22(21)33-2)13-14-27-24(19-9-5-6-10-20(19)28)23(26(30)31)17-7-3-4-8-18(17)25(27)29/h3-12,15,23-24,28H,13-14H2,1-2H3,(H,30,31)/t23-,24+/m1/s1. The molecule has 0 saturated carbocycles. The predicted octanol–water partition coefficient (Wildman–Crippen LogP) is 4.02. The first-order valence-electron chi connectivity index (χ1n) is 10.6. The molecule has 0 fully saturated rings. The van der Waals surface area contributed by atoms with Crippen LogP contribution >= 0.6 is 0 Å². The maximum atomic E-state index is 13.5. The number of carbonyl (C=O) groups is 2. The van der Waals surface area contributed by atoms with Gasteiger partial charge in [-0.1, -0.05) is 42.5 Å². The van der Waals surface area contributed by atoms with Gasteiger partial charge in [0.25, 0.3) is 5.91 Å². The first-order chi connectivity index (χ1) is 16.0. The molecule has 0 aliphatic carbocycles. The molecule has 4 rings (SSSR count). The first kappa shape index (κ1) is 22.2. The maximum Gasteiger partial charge on any atom is 0.313 e. The zero-order chi connectivity index (χ0) is 23.5. The van der Waals surface area contributed by atoms with E-state index in [9.17, 15) is 19.8 Å². The van der Waals surface area contributed by atoms with Gasteiger partial charge in [0.2, 0.25) is 0 Å². The summed E-state index contributed by atoms with van der Waals surface area (Å²) in [7, 11) is 3.11. The topological polar surface area (TPSA) is 96.3 Å². The van der Waals surface area contributed by atoms with Crippen LogP contribution < -0.4 is 9.47 Å². The van der Waals surface area contributed by atoms with Crippen LogP contribution in [0.4, 0.5) is 0 Å². The van der Waals surface area contributed by atoms with Crippen LogP contribution in [-0.2, 0) is 11.2 Å². The third-order valence-corrected chi connectivity index (χ3v) is 6.05. The SMILES string of the molecule is COc1ccc(CCN2C(=O)c3ccccc3[C@@H](C(=O)O)[C@@H]2c2ccccc2O)cc1OC. The van der Waals surface area contributed by atoms with Gasteiger partial charge in [-0.2, -0.15) is 0 Å². The number of benzene rings is 3. The smallest absolute Gasteiger partial charge is 0.313 e. The molecular formula is C26H25NO6. The zero-order valence-electron chi connectivity index (χ0n) is 18.4. The molecule has 170 valence electrons. The van der Waals surface area contributed by atoms with Crippen molar-refractivity contribution in [2.24, 2.45) is 0 Å². The van der Waals surface area contributed by atoms with E-state index in [1.807, 2.05) is 12.1 Å². The minimum Gasteiger partial charge on any atom is -0.508 e. The van der Waals surface area contributed by atoms with Crippen molar-refractivity contribution in [1.82, 2.24) is 4.90 Å². The van der Waals surface area contributed by atoms with Gasteiger partial charge in [-0.05, 0) is 41.8 Å². The Balaban J connectivity index is 1.76. The fraction of sp³-hybridized carbons (Fsp3) is 0.231. The van der Waals surface area contributed by atoms with Crippen LogP contribution in [0.25, 0.3) is 0 Å². The highest BCUT2D eigenvalue weighted by atomic mass is 16.5. The number of nitrogens with zero attached hydrogens (tertiary/aromatic N) is 1. The van der Waals surface area contributed by atoms with Crippen LogP contribution in [0.2, 0.25) is 0 Å². The van der Waals surface area contributed by atoms with Crippen molar-refractivity contribution < 1.29 is 29.3 Å². The van der Waals surface area contributed by atoms with Gasteiger partial charge in [0.05, 0.1) is 20.3 Å². The van der Waals surface area contributed by atoms with Gasteiger partial charge < -0.3 is 24.6 Å². The summed E-state index contributed by atoms with van der Waals surface area (Å²) in [6.07, 6.45) is 0.463. The second kappa shape index (κ2) is 9.24. The van der Waals surface area contributed by atoms with E-state index in [1.165, 1.54) is 6.07 Å². The third-order valence-electron chi connectivity index (χ3n) is 6.05. The Bertz CT molecular complexity index is 1190. The highest BCUT2D eigenvalue weighted by Gasteiger charge is 2.44. The van der Waals surface area contributed by atoms with E-state index in [4.69, 9.17) is 9.47 Å². The lowest BCUT2D eigenvalue weighted by Gasteiger charge is -2.41. The lowest BCUT2D eigenvalue weighted by molar-refractivity contribution is -0.140. The summed E-state index contributed by atoms with van der Waals surface area (Å²) < 4.78 is 10.7. The summed E-state index contributed by atoms with van der Waals surface area (Å²) in [5.74, 6) is -1.21. The van der Waals surface area contributed by atoms with Crippen LogP contribution in [-0.4, -0.2) is 47.8 Å². The molecule has 0 aromatic heterocycles. The fourth-order valence-electron chi connectivity index (χ4n) is 4.47. The summed E-state index contributed by atoms with van der Waals surface area (Å²) >= 11 is 0. The van der Waals surface area contributed by atoms with Crippen LogP contribution in [0.15, 0.2) is 66.7 Å². The number of carboxylic acids is 1. The molecule has 0 bridgehead atoms. The number of amides is 1. The van der Waals surface area contributed by atoms with Crippen molar-refractivity contribution in [1.29, 1.82) is 0 Å². The Hall–Kier alpha value is -4.00. The molecule has 0 spiro atoms. The Morgan fingerprint density at radius 2 is 1.61 bits per heavy atom. The van der Waals surface area contributed by atoms with E-state index in [0.717, 1.165) is 5.56 Å². The van der Waals surface area contributed by atoms with Crippen molar-refractivity contribution in [2.45, 2.75) is 18.4 Å². The number of hydrogen-bond acceptors (Lipinski definition) is 5. The van der Waals surface area contributed by atoms with E-state index in [1.54, 1.807) is 67.7 Å². The fourth-order valence-corrected chi connectivity index (χ4v) is 4.47. The molecule has 1 heterocycles. The number of para-hydroxylation sites is 1. The van der Waals surface area contributed by atoms with Gasteiger partial charge in [-0.15, -0.1) is 0 Å². The van der Waals surface area contributed by atoms with Gasteiger partial charge in [-0.3, -0.25) is 9.59 Å². The molecule has 33 heavy (non-hydrogen) atoms. The third kappa shape index (κ3) is 4.09. The normalized spacial score (nSPS) is 17.4. The van der Waals surface area contributed by atoms with Crippen molar-refractivity contribution in [3.05, 3.63) is 89.0 Å². The number of aliphatic carboxylic acids is 1. The van der Waals surface area contributed by atoms with Crippen molar-refractivity contribution >= 4 is 11.9 Å². The van der Waals surface area contributed by atoms with Gasteiger partial charge >= 0.3 is 5.97 Å². The molecule has 3 aromatic carbocycles. The minimum atomic E-state index is -1.06. The van der Waals surface area contributed by atoms with Gasteiger partial charge in [0.1, 0.15) is 11.7 Å². The van der Waals surface area contributed by atoms with E-state index < -0.39 is 17.9 Å². The molecule has 7 heteroatoms. The average Bonchev–Trinajstić information content (AvgIpc) is 2.83. The monoisotopic (exact) mass is 447 g/mol. The molecule has 0 unspecified atom stereocenters. The summed E-state index contributed by atoms with van der Waals surface area (Å²) in [5.41, 5.74) is 2.12. The number of carboxylic acid groups (broad SMARTS) is 1. The second-order valence-corrected chi connectivity index (χ2v) is 7.84. The second-order valence-electron chi connectivity index (χ2n) is 7.84. The minimum absolute atomic E-state index is 0.0444. The number of carbonyl (C=O) groups excluding carboxylic acids is 1. The summed E-state index contributed by atoms with van der Waals surface area (Å²) in [6.45, 7) is 0.255. The van der Waals surface area contributed by atoms with Crippen LogP contribution in [0, 0.1) is 0 Å². The number of aromatic hydroxyl groups is 1. The predicted molar refractivity (Wildman–Crippen MR) is 122 cm³/mol. The number of phenolic OH excluding ortho intramolecular Hbond substituents is 1. The van der Waals surface area contributed by atoms with Crippen molar-refractivity contribution in [3.8, 4) is 17.2 Å². The number of ether oxygens (including phenoxy) is 2. The highest BCUT2D eigenvalue weighted by Crippen LogP contribution is 2.45. The van der Waals surface area contributed by atoms with Gasteiger partial charge in [0, 0.05) is 17.7 Å². The molecule has 2 atom stereocenters. The average molecular weight is 447 g/mol. The lowest BCUT2D eigenvalue weighted by atomic mass is 9.79. The van der Waals surface area contributed by atoms with Crippen LogP contribution in [0.3, 0.4) is 0 Å². The Kier molecular flexibility index (Phi) is 6.22. The molecule has 1 aliphatic rings. The Morgan fingerprint density at radius 3 is 2.27 bits per heavy atom. The molecular weight excluding hydrogens is 422 g/mol. The summed E-state index contributed by atoms with van der Waals surface area (Å²) in [4.78, 5) is 27.5. The van der Waals surface area contributed by atoms with Gasteiger partial charge in [-0.25, -0.2) is 0 Å². The van der Waals surface area contributed by atoms with E-state index in [2.05, 4.69) is 0 Å². The molecule has 7 nitrogen and oxygen atoms in total. The number of rotatable bonds is 7. The molecule has 1 amide bonds. The van der Waals surface area contributed by atoms with E-state index in [0.29, 0.717) is 34.6 Å². The number of fused-ring (bicyclic) bond motifs is 1. The summed E-state index contributed by atoms with van der Waals surface area (Å²) in [5, 5.41) is 20.7. The van der Waals surface area contributed by atoms with Crippen molar-refractivity contribution in [2.75, 3.05) is 20.8 Å². The van der Waals surface area contributed by atoms with Crippen LogP contribution in [0.1, 0.15) is 39.0 Å². The zero-order valence-corrected chi connectivity index (χ0v) is 18.4. The van der Waals surface area contributed by atoms with Crippen molar-refractivity contribution in [3.63, 3.8) is 0 Å². The lowest BCUT2D eigenvalue weighted by Crippen LogP contribution is -2.45. The van der Waals surface area contributed by atoms with E-state index >= 15 is 0 Å². The Morgan fingerprint density at radius 1 is 0.939 bits per heavy atom. The van der Waals surface area contributed by atoms with E-state index in [-0.39, 0.29) is 18.2 Å². The number of methoxy groups -OCH3 is 2. The maximum absolute atomic E-state index is 13.5. The Labute approximate surface area is 191 Å². The molecule has 0 saturated heterocycles. The highest BCUT2D eigenvalue weighted by molar-refractivity contribution is 6.00.